The maximum absolute atomic E-state index is 9.90. The first-order valence-corrected chi connectivity index (χ1v) is 10.8. The Bertz CT molecular complexity index is 322. The Hall–Kier alpha value is -1.14. The van der Waals surface area contributed by atoms with Gasteiger partial charge in [0.25, 0.3) is 0 Å². The fraction of sp³-hybridized carbons (Fsp3) is 0.905. The van der Waals surface area contributed by atoms with Crippen LogP contribution in [-0.4, -0.2) is 34.7 Å². The summed E-state index contributed by atoms with van der Waals surface area (Å²) in [6, 6.07) is 0.342. The highest BCUT2D eigenvalue weighted by Gasteiger charge is 2.00. The molecule has 0 aromatic heterocycles. The normalized spacial score (nSPS) is 11.5. The van der Waals surface area contributed by atoms with Gasteiger partial charge in [0, 0.05) is 18.9 Å². The van der Waals surface area contributed by atoms with Crippen LogP contribution in [0.5, 0.6) is 0 Å². The van der Waals surface area contributed by atoms with Crippen LogP contribution in [0, 0.1) is 0 Å². The van der Waals surface area contributed by atoms with Crippen LogP contribution in [0.25, 0.3) is 0 Å². The predicted octanol–water partition coefficient (Wildman–Crippen LogP) is 4.69. The van der Waals surface area contributed by atoms with Gasteiger partial charge in [0.15, 0.2) is 0 Å². The number of hydrogen-bond donors (Lipinski definition) is 4. The van der Waals surface area contributed by atoms with Crippen molar-refractivity contribution < 1.29 is 19.8 Å². The quantitative estimate of drug-likeness (QED) is 0.252. The van der Waals surface area contributed by atoms with E-state index in [1.165, 1.54) is 64.2 Å². The average Bonchev–Trinajstić information content (AvgIpc) is 2.61. The van der Waals surface area contributed by atoms with Gasteiger partial charge >= 0.3 is 11.9 Å². The van der Waals surface area contributed by atoms with Crippen molar-refractivity contribution >= 4 is 11.9 Å². The van der Waals surface area contributed by atoms with Gasteiger partial charge in [-0.2, -0.15) is 0 Å². The Morgan fingerprint density at radius 1 is 0.704 bits per heavy atom. The van der Waals surface area contributed by atoms with Crippen LogP contribution in [-0.2, 0) is 9.59 Å². The first-order valence-electron chi connectivity index (χ1n) is 10.8. The molecule has 0 heterocycles. The highest BCUT2D eigenvalue weighted by molar-refractivity contribution is 5.67. The Morgan fingerprint density at radius 2 is 1.11 bits per heavy atom. The van der Waals surface area contributed by atoms with Gasteiger partial charge < -0.3 is 21.7 Å². The molecule has 0 bridgehead atoms. The van der Waals surface area contributed by atoms with Gasteiger partial charge in [-0.3, -0.25) is 9.59 Å². The van der Waals surface area contributed by atoms with Crippen LogP contribution in [0.15, 0.2) is 0 Å². The summed E-state index contributed by atoms with van der Waals surface area (Å²) >= 11 is 0. The molecule has 27 heavy (non-hydrogen) atoms. The fourth-order valence-corrected chi connectivity index (χ4v) is 2.80. The Morgan fingerprint density at radius 3 is 1.48 bits per heavy atom. The van der Waals surface area contributed by atoms with Crippen LogP contribution >= 0.6 is 0 Å². The molecule has 0 amide bonds. The molecule has 1 unspecified atom stereocenters. The van der Waals surface area contributed by atoms with E-state index in [0.717, 1.165) is 19.4 Å². The molecule has 0 rings (SSSR count). The van der Waals surface area contributed by atoms with Crippen molar-refractivity contribution in [3.05, 3.63) is 0 Å². The van der Waals surface area contributed by atoms with E-state index in [1.807, 2.05) is 0 Å². The van der Waals surface area contributed by atoms with Crippen molar-refractivity contribution in [2.45, 2.75) is 116 Å². The summed E-state index contributed by atoms with van der Waals surface area (Å²) in [6.45, 7) is 3.01. The van der Waals surface area contributed by atoms with E-state index in [4.69, 9.17) is 21.7 Å². The maximum Gasteiger partial charge on any atom is 0.303 e. The van der Waals surface area contributed by atoms with Gasteiger partial charge in [0.05, 0.1) is 0 Å². The monoisotopic (exact) mass is 388 g/mol. The number of carboxylic acids is 2. The number of carboxylic acid groups (broad SMARTS) is 2. The minimum atomic E-state index is -0.870. The number of unbranched alkanes of at least 4 members (excludes halogenated alkanes) is 10. The van der Waals surface area contributed by atoms with Crippen molar-refractivity contribution in [3.63, 3.8) is 0 Å². The Balaban J connectivity index is 0. The first-order chi connectivity index (χ1) is 12.9. The summed E-state index contributed by atoms with van der Waals surface area (Å²) in [7, 11) is 0. The molecule has 6 nitrogen and oxygen atoms in total. The first kappa shape index (κ1) is 28.1. The summed E-state index contributed by atoms with van der Waals surface area (Å²) in [5, 5.41) is 16.3. The highest BCUT2D eigenvalue weighted by atomic mass is 16.4. The van der Waals surface area contributed by atoms with Crippen LogP contribution in [0.4, 0.5) is 0 Å². The van der Waals surface area contributed by atoms with Crippen LogP contribution in [0.3, 0.4) is 0 Å². The molecular formula is C21H44N2O4. The van der Waals surface area contributed by atoms with Crippen LogP contribution < -0.4 is 11.5 Å². The Kier molecular flexibility index (Phi) is 23.8. The largest absolute Gasteiger partial charge is 0.481 e. The lowest BCUT2D eigenvalue weighted by Crippen LogP contribution is -2.23. The van der Waals surface area contributed by atoms with Gasteiger partial charge in [0.1, 0.15) is 0 Å². The van der Waals surface area contributed by atoms with E-state index in [-0.39, 0.29) is 12.8 Å². The lowest BCUT2D eigenvalue weighted by Gasteiger charge is -2.09. The van der Waals surface area contributed by atoms with Gasteiger partial charge in [-0.1, -0.05) is 71.1 Å². The second kappa shape index (κ2) is 22.9. The van der Waals surface area contributed by atoms with E-state index in [0.29, 0.717) is 18.9 Å². The summed E-state index contributed by atoms with van der Waals surface area (Å²) in [4.78, 5) is 19.8. The molecule has 0 aromatic carbocycles. The molecule has 162 valence electrons. The van der Waals surface area contributed by atoms with Crippen LogP contribution in [0.1, 0.15) is 110 Å². The van der Waals surface area contributed by atoms with Crippen molar-refractivity contribution in [2.75, 3.05) is 6.54 Å². The molecule has 0 aliphatic heterocycles. The SMILES string of the molecule is CCCCCCCCCCCCC(N)CCN.O=C(O)CCCCC(=O)O. The summed E-state index contributed by atoms with van der Waals surface area (Å²) in [5.74, 6) is -1.74. The standard InChI is InChI=1S/C15H34N2.C6H10O4/c1-2-3-4-5-6-7-8-9-10-11-12-15(17)13-14-16;7-5(8)3-1-2-4-6(9)10/h15H,2-14,16-17H2,1H3;1-4H2,(H,7,8)(H,9,10). The summed E-state index contributed by atoms with van der Waals surface area (Å²) in [5.41, 5.74) is 11.4. The third-order valence-electron chi connectivity index (χ3n) is 4.50. The van der Waals surface area contributed by atoms with E-state index in [1.54, 1.807) is 0 Å². The molecule has 0 aliphatic rings. The summed E-state index contributed by atoms with van der Waals surface area (Å²) < 4.78 is 0. The molecule has 0 saturated heterocycles. The van der Waals surface area contributed by atoms with Crippen molar-refractivity contribution in [1.29, 1.82) is 0 Å². The fourth-order valence-electron chi connectivity index (χ4n) is 2.80. The van der Waals surface area contributed by atoms with Crippen molar-refractivity contribution in [3.8, 4) is 0 Å². The van der Waals surface area contributed by atoms with Gasteiger partial charge in [-0.15, -0.1) is 0 Å². The second-order valence-electron chi connectivity index (χ2n) is 7.30. The Labute approximate surface area is 166 Å². The van der Waals surface area contributed by atoms with Gasteiger partial charge in [-0.05, 0) is 32.2 Å². The highest BCUT2D eigenvalue weighted by Crippen LogP contribution is 2.12. The molecule has 0 saturated carbocycles. The zero-order chi connectivity index (χ0) is 20.8. The van der Waals surface area contributed by atoms with E-state index >= 15 is 0 Å². The lowest BCUT2D eigenvalue weighted by molar-refractivity contribution is -0.139. The number of nitrogens with two attached hydrogens (primary N) is 2. The van der Waals surface area contributed by atoms with E-state index in [2.05, 4.69) is 6.92 Å². The van der Waals surface area contributed by atoms with Gasteiger partial charge in [0.2, 0.25) is 0 Å². The molecule has 0 aliphatic carbocycles. The van der Waals surface area contributed by atoms with Crippen molar-refractivity contribution in [1.82, 2.24) is 0 Å². The molecule has 0 aromatic rings. The number of hydrogen-bond acceptors (Lipinski definition) is 4. The second-order valence-corrected chi connectivity index (χ2v) is 7.30. The minimum absolute atomic E-state index is 0.0628. The molecular weight excluding hydrogens is 344 g/mol. The molecule has 1 atom stereocenters. The lowest BCUT2D eigenvalue weighted by atomic mass is 10.0. The minimum Gasteiger partial charge on any atom is -0.481 e. The smallest absolute Gasteiger partial charge is 0.303 e. The topological polar surface area (TPSA) is 127 Å². The third kappa shape index (κ3) is 29.9. The molecule has 0 fully saturated rings. The molecule has 0 spiro atoms. The maximum atomic E-state index is 9.90. The number of rotatable bonds is 18. The number of aliphatic carboxylic acids is 2. The molecule has 0 radical (unpaired) electrons. The molecule has 6 N–H and O–H groups in total. The third-order valence-corrected chi connectivity index (χ3v) is 4.50. The van der Waals surface area contributed by atoms with E-state index in [9.17, 15) is 9.59 Å². The number of carbonyl (C=O) groups is 2. The van der Waals surface area contributed by atoms with Crippen LogP contribution in [0.2, 0.25) is 0 Å². The molecule has 6 heteroatoms. The van der Waals surface area contributed by atoms with E-state index < -0.39 is 11.9 Å². The van der Waals surface area contributed by atoms with Gasteiger partial charge in [-0.25, -0.2) is 0 Å². The van der Waals surface area contributed by atoms with Crippen molar-refractivity contribution in [2.24, 2.45) is 11.5 Å². The zero-order valence-corrected chi connectivity index (χ0v) is 17.5. The predicted molar refractivity (Wildman–Crippen MR) is 112 cm³/mol. The summed E-state index contributed by atoms with van der Waals surface area (Å²) in [6.07, 6.45) is 17.1. The zero-order valence-electron chi connectivity index (χ0n) is 17.5. The average molecular weight is 389 g/mol.